The molecule has 5 nitrogen and oxygen atoms in total. The third-order valence-corrected chi connectivity index (χ3v) is 4.05. The third kappa shape index (κ3) is 2.94. The molecule has 0 saturated heterocycles. The van der Waals surface area contributed by atoms with Crippen molar-refractivity contribution in [1.82, 2.24) is 9.97 Å². The molecule has 124 valence electrons. The molecular weight excluding hydrogens is 321 g/mol. The van der Waals surface area contributed by atoms with Crippen LogP contribution in [0, 0.1) is 5.82 Å². The monoisotopic (exact) mass is 335 g/mol. The molecule has 1 N–H and O–H groups in total. The number of fused-ring (bicyclic) bond motifs is 1. The van der Waals surface area contributed by atoms with Gasteiger partial charge < -0.3 is 10.1 Å². The molecule has 3 aromatic rings. The summed E-state index contributed by atoms with van der Waals surface area (Å²) < 4.78 is 19.2. The van der Waals surface area contributed by atoms with Crippen LogP contribution in [-0.4, -0.2) is 22.5 Å². The number of halogens is 1. The van der Waals surface area contributed by atoms with Crippen molar-refractivity contribution in [3.8, 4) is 16.9 Å². The Morgan fingerprint density at radius 1 is 1.20 bits per heavy atom. The Morgan fingerprint density at radius 3 is 2.84 bits per heavy atom. The van der Waals surface area contributed by atoms with Gasteiger partial charge >= 0.3 is 0 Å². The first kappa shape index (κ1) is 15.3. The minimum Gasteiger partial charge on any atom is -0.489 e. The van der Waals surface area contributed by atoms with Crippen LogP contribution in [0.2, 0.25) is 0 Å². The number of carbonyl (C=O) groups excluding carboxylic acids is 1. The number of amides is 1. The molecule has 4 rings (SSSR count). The fraction of sp³-hybridized carbons (Fsp3) is 0.105. The number of carbonyl (C=O) groups is 1. The number of pyridine rings is 2. The zero-order chi connectivity index (χ0) is 17.2. The Hall–Kier alpha value is -3.28. The number of rotatable bonds is 3. The second-order valence-corrected chi connectivity index (χ2v) is 5.63. The molecule has 0 atom stereocenters. The molecule has 1 aromatic carbocycles. The predicted molar refractivity (Wildman–Crippen MR) is 91.0 cm³/mol. The summed E-state index contributed by atoms with van der Waals surface area (Å²) in [4.78, 5) is 20.6. The van der Waals surface area contributed by atoms with Crippen LogP contribution >= 0.6 is 0 Å². The third-order valence-electron chi connectivity index (χ3n) is 4.05. The van der Waals surface area contributed by atoms with E-state index in [4.69, 9.17) is 4.74 Å². The minimum absolute atomic E-state index is 0.286. The van der Waals surface area contributed by atoms with Crippen LogP contribution in [0.4, 0.5) is 10.2 Å². The number of hydrogen-bond donors (Lipinski definition) is 1. The van der Waals surface area contributed by atoms with Crippen LogP contribution < -0.4 is 10.1 Å². The SMILES string of the molecule is O=C(Nc1ncc(-c2cccc(F)c2)c2c1OCC2)c1ccncc1. The fourth-order valence-corrected chi connectivity index (χ4v) is 2.87. The smallest absolute Gasteiger partial charge is 0.257 e. The predicted octanol–water partition coefficient (Wildman–Crippen LogP) is 3.47. The Labute approximate surface area is 143 Å². The molecule has 2 aromatic heterocycles. The lowest BCUT2D eigenvalue weighted by Crippen LogP contribution is -2.13. The normalized spacial score (nSPS) is 12.4. The summed E-state index contributed by atoms with van der Waals surface area (Å²) in [5.41, 5.74) is 2.96. The molecule has 1 aliphatic heterocycles. The van der Waals surface area contributed by atoms with Crippen molar-refractivity contribution in [2.45, 2.75) is 6.42 Å². The molecule has 0 unspecified atom stereocenters. The highest BCUT2D eigenvalue weighted by molar-refractivity contribution is 6.04. The Bertz CT molecular complexity index is 945. The molecule has 25 heavy (non-hydrogen) atoms. The average molecular weight is 335 g/mol. The van der Waals surface area contributed by atoms with E-state index in [1.165, 1.54) is 12.1 Å². The van der Waals surface area contributed by atoms with Crippen molar-refractivity contribution in [2.75, 3.05) is 11.9 Å². The van der Waals surface area contributed by atoms with Crippen LogP contribution in [0.25, 0.3) is 11.1 Å². The fourth-order valence-electron chi connectivity index (χ4n) is 2.87. The molecule has 0 saturated carbocycles. The lowest BCUT2D eigenvalue weighted by Gasteiger charge is -2.12. The molecule has 3 heterocycles. The van der Waals surface area contributed by atoms with Crippen molar-refractivity contribution in [3.05, 3.63) is 71.9 Å². The Morgan fingerprint density at radius 2 is 2.04 bits per heavy atom. The number of ether oxygens (including phenoxy) is 1. The van der Waals surface area contributed by atoms with E-state index in [-0.39, 0.29) is 11.7 Å². The zero-order valence-electron chi connectivity index (χ0n) is 13.2. The highest BCUT2D eigenvalue weighted by Gasteiger charge is 2.23. The summed E-state index contributed by atoms with van der Waals surface area (Å²) in [5.74, 6) is 0.324. The summed E-state index contributed by atoms with van der Waals surface area (Å²) in [7, 11) is 0. The van der Waals surface area contributed by atoms with Crippen LogP contribution in [0.3, 0.4) is 0 Å². The molecule has 0 radical (unpaired) electrons. The maximum Gasteiger partial charge on any atom is 0.257 e. The van der Waals surface area contributed by atoms with Gasteiger partial charge in [0.25, 0.3) is 5.91 Å². The standard InChI is InChI=1S/C19H14FN3O2/c20-14-3-1-2-13(10-14)16-11-22-18(17-15(16)6-9-25-17)23-19(24)12-4-7-21-8-5-12/h1-5,7-8,10-11H,6,9H2,(H,22,23,24). The highest BCUT2D eigenvalue weighted by Crippen LogP contribution is 2.39. The van der Waals surface area contributed by atoms with Crippen molar-refractivity contribution < 1.29 is 13.9 Å². The summed E-state index contributed by atoms with van der Waals surface area (Å²) >= 11 is 0. The zero-order valence-corrected chi connectivity index (χ0v) is 13.2. The number of nitrogens with one attached hydrogen (secondary N) is 1. The first-order valence-corrected chi connectivity index (χ1v) is 7.84. The van der Waals surface area contributed by atoms with Gasteiger partial charge in [-0.25, -0.2) is 9.37 Å². The van der Waals surface area contributed by atoms with Crippen LogP contribution in [-0.2, 0) is 6.42 Å². The van der Waals surface area contributed by atoms with Crippen molar-refractivity contribution >= 4 is 11.7 Å². The summed E-state index contributed by atoms with van der Waals surface area (Å²) in [6.07, 6.45) is 5.43. The minimum atomic E-state index is -0.305. The largest absolute Gasteiger partial charge is 0.489 e. The second kappa shape index (κ2) is 6.32. The number of benzene rings is 1. The molecule has 0 spiro atoms. The van der Waals surface area contributed by atoms with Gasteiger partial charge in [-0.15, -0.1) is 0 Å². The number of hydrogen-bond acceptors (Lipinski definition) is 4. The van der Waals surface area contributed by atoms with Gasteiger partial charge in [0, 0.05) is 41.7 Å². The van der Waals surface area contributed by atoms with E-state index in [9.17, 15) is 9.18 Å². The van der Waals surface area contributed by atoms with Gasteiger partial charge in [0.05, 0.1) is 6.61 Å². The number of anilines is 1. The van der Waals surface area contributed by atoms with E-state index in [2.05, 4.69) is 15.3 Å². The van der Waals surface area contributed by atoms with Gasteiger partial charge in [-0.2, -0.15) is 0 Å². The van der Waals surface area contributed by atoms with Gasteiger partial charge in [0.1, 0.15) is 5.82 Å². The quantitative estimate of drug-likeness (QED) is 0.796. The summed E-state index contributed by atoms with van der Waals surface area (Å²) in [6.45, 7) is 0.501. The van der Waals surface area contributed by atoms with E-state index >= 15 is 0 Å². The van der Waals surface area contributed by atoms with E-state index in [0.29, 0.717) is 30.2 Å². The van der Waals surface area contributed by atoms with Crippen LogP contribution in [0.5, 0.6) is 5.75 Å². The number of nitrogens with zero attached hydrogens (tertiary/aromatic N) is 2. The molecule has 1 aliphatic rings. The summed E-state index contributed by atoms with van der Waals surface area (Å²) in [6, 6.07) is 9.59. The van der Waals surface area contributed by atoms with Crippen molar-refractivity contribution in [3.63, 3.8) is 0 Å². The van der Waals surface area contributed by atoms with Gasteiger partial charge in [0.2, 0.25) is 0 Å². The van der Waals surface area contributed by atoms with Gasteiger partial charge in [0.15, 0.2) is 11.6 Å². The van der Waals surface area contributed by atoms with E-state index in [0.717, 1.165) is 16.7 Å². The lowest BCUT2D eigenvalue weighted by molar-refractivity contribution is 0.102. The molecule has 1 amide bonds. The first-order valence-electron chi connectivity index (χ1n) is 7.84. The number of aromatic nitrogens is 2. The van der Waals surface area contributed by atoms with E-state index in [1.54, 1.807) is 36.8 Å². The molecule has 0 bridgehead atoms. The molecule has 6 heteroatoms. The molecular formula is C19H14FN3O2. The van der Waals surface area contributed by atoms with Gasteiger partial charge in [-0.1, -0.05) is 12.1 Å². The molecule has 0 fully saturated rings. The topological polar surface area (TPSA) is 64.1 Å². The first-order chi connectivity index (χ1) is 12.2. The van der Waals surface area contributed by atoms with Crippen molar-refractivity contribution in [1.29, 1.82) is 0 Å². The van der Waals surface area contributed by atoms with E-state index in [1.807, 2.05) is 6.07 Å². The van der Waals surface area contributed by atoms with Gasteiger partial charge in [-0.3, -0.25) is 9.78 Å². The second-order valence-electron chi connectivity index (χ2n) is 5.63. The maximum atomic E-state index is 13.5. The van der Waals surface area contributed by atoms with E-state index < -0.39 is 0 Å². The lowest BCUT2D eigenvalue weighted by atomic mass is 10.00. The summed E-state index contributed by atoms with van der Waals surface area (Å²) in [5, 5.41) is 2.77. The highest BCUT2D eigenvalue weighted by atomic mass is 19.1. The Kier molecular flexibility index (Phi) is 3.85. The Balaban J connectivity index is 1.70. The van der Waals surface area contributed by atoms with Crippen LogP contribution in [0.15, 0.2) is 55.0 Å². The van der Waals surface area contributed by atoms with Gasteiger partial charge in [-0.05, 0) is 29.8 Å². The molecule has 0 aliphatic carbocycles. The van der Waals surface area contributed by atoms with Crippen LogP contribution in [0.1, 0.15) is 15.9 Å². The maximum absolute atomic E-state index is 13.5. The van der Waals surface area contributed by atoms with Crippen molar-refractivity contribution in [2.24, 2.45) is 0 Å². The average Bonchev–Trinajstić information content (AvgIpc) is 3.13.